The van der Waals surface area contributed by atoms with Crippen molar-refractivity contribution in [2.45, 2.75) is 6.18 Å². The van der Waals surface area contributed by atoms with Crippen molar-refractivity contribution in [3.63, 3.8) is 0 Å². The number of nitro groups is 2. The number of pyridine rings is 1. The zero-order valence-electron chi connectivity index (χ0n) is 13.3. The Hall–Kier alpha value is -3.15. The van der Waals surface area contributed by atoms with Gasteiger partial charge in [-0.3, -0.25) is 20.2 Å². The van der Waals surface area contributed by atoms with Crippen LogP contribution in [-0.2, 0) is 6.18 Å². The van der Waals surface area contributed by atoms with E-state index in [2.05, 4.69) is 15.6 Å². The van der Waals surface area contributed by atoms with Gasteiger partial charge in [0.25, 0.3) is 11.4 Å². The Balaban J connectivity index is 1.99. The second-order valence-corrected chi connectivity index (χ2v) is 5.53. The van der Waals surface area contributed by atoms with Crippen LogP contribution in [0.1, 0.15) is 5.56 Å². The van der Waals surface area contributed by atoms with Crippen molar-refractivity contribution in [2.24, 2.45) is 0 Å². The minimum Gasteiger partial charge on any atom is -0.378 e. The average Bonchev–Trinajstić information content (AvgIpc) is 2.58. The van der Waals surface area contributed by atoms with E-state index in [1.54, 1.807) is 0 Å². The van der Waals surface area contributed by atoms with E-state index >= 15 is 0 Å². The van der Waals surface area contributed by atoms with Gasteiger partial charge in [0.15, 0.2) is 0 Å². The van der Waals surface area contributed by atoms with Gasteiger partial charge < -0.3 is 10.6 Å². The Morgan fingerprint density at radius 2 is 1.74 bits per heavy atom. The number of benzene rings is 1. The van der Waals surface area contributed by atoms with E-state index in [1.807, 2.05) is 0 Å². The second-order valence-electron chi connectivity index (χ2n) is 5.12. The quantitative estimate of drug-likeness (QED) is 0.404. The molecule has 0 saturated heterocycles. The lowest BCUT2D eigenvalue weighted by Gasteiger charge is -2.11. The van der Waals surface area contributed by atoms with Gasteiger partial charge >= 0.3 is 6.18 Å². The third-order valence-electron chi connectivity index (χ3n) is 3.29. The normalized spacial score (nSPS) is 11.1. The molecule has 0 amide bonds. The van der Waals surface area contributed by atoms with Crippen molar-refractivity contribution >= 4 is 34.5 Å². The van der Waals surface area contributed by atoms with Crippen LogP contribution in [0.5, 0.6) is 0 Å². The first-order valence-electron chi connectivity index (χ1n) is 7.23. The molecule has 0 atom stereocenters. The van der Waals surface area contributed by atoms with Crippen LogP contribution in [0.3, 0.4) is 0 Å². The van der Waals surface area contributed by atoms with Crippen LogP contribution >= 0.6 is 11.6 Å². The van der Waals surface area contributed by atoms with Gasteiger partial charge in [-0.25, -0.2) is 4.98 Å². The molecule has 0 spiro atoms. The summed E-state index contributed by atoms with van der Waals surface area (Å²) in [4.78, 5) is 23.8. The summed E-state index contributed by atoms with van der Waals surface area (Å²) in [5.74, 6) is 0.0182. The standard InChI is InChI=1S/C14H11ClF3N5O4/c15-10-5-8(14(16,17)18)7-21-13(10)20-4-3-19-11-2-1-9(22(24)25)6-12(11)23(26)27/h1-2,5-7,19H,3-4H2,(H,20,21). The molecule has 1 heterocycles. The van der Waals surface area contributed by atoms with Gasteiger partial charge in [-0.2, -0.15) is 13.2 Å². The number of non-ortho nitro benzene ring substituents is 1. The molecule has 144 valence electrons. The molecule has 9 nitrogen and oxygen atoms in total. The summed E-state index contributed by atoms with van der Waals surface area (Å²) in [5, 5.41) is 26.9. The topological polar surface area (TPSA) is 123 Å². The third kappa shape index (κ3) is 5.17. The molecule has 0 radical (unpaired) electrons. The molecule has 0 aliphatic heterocycles. The number of nitrogens with one attached hydrogen (secondary N) is 2. The van der Waals surface area contributed by atoms with Crippen molar-refractivity contribution in [2.75, 3.05) is 23.7 Å². The number of hydrogen-bond donors (Lipinski definition) is 2. The number of hydrogen-bond acceptors (Lipinski definition) is 7. The zero-order valence-corrected chi connectivity index (χ0v) is 14.0. The third-order valence-corrected chi connectivity index (χ3v) is 3.58. The second kappa shape index (κ2) is 8.03. The van der Waals surface area contributed by atoms with E-state index in [-0.39, 0.29) is 29.6 Å². The van der Waals surface area contributed by atoms with Gasteiger partial charge in [-0.15, -0.1) is 0 Å². The number of alkyl halides is 3. The first-order valence-corrected chi connectivity index (χ1v) is 7.60. The highest BCUT2D eigenvalue weighted by molar-refractivity contribution is 6.32. The van der Waals surface area contributed by atoms with Gasteiger partial charge in [0.2, 0.25) is 0 Å². The van der Waals surface area contributed by atoms with E-state index in [0.29, 0.717) is 6.20 Å². The molecule has 0 saturated carbocycles. The SMILES string of the molecule is O=[N+]([O-])c1ccc(NCCNc2ncc(C(F)(F)F)cc2Cl)c([N+](=O)[O-])c1. The van der Waals surface area contributed by atoms with Crippen LogP contribution in [0.2, 0.25) is 5.02 Å². The number of nitro benzene ring substituents is 2. The number of halogens is 4. The predicted octanol–water partition coefficient (Wildman–Crippen LogP) is 4.09. The van der Waals surface area contributed by atoms with E-state index in [0.717, 1.165) is 18.2 Å². The Morgan fingerprint density at radius 3 is 2.30 bits per heavy atom. The van der Waals surface area contributed by atoms with Crippen molar-refractivity contribution in [3.8, 4) is 0 Å². The Morgan fingerprint density at radius 1 is 1.07 bits per heavy atom. The summed E-state index contributed by atoms with van der Waals surface area (Å²) in [7, 11) is 0. The Labute approximate surface area is 154 Å². The molecular weight excluding hydrogens is 395 g/mol. The minimum atomic E-state index is -4.56. The highest BCUT2D eigenvalue weighted by atomic mass is 35.5. The van der Waals surface area contributed by atoms with Gasteiger partial charge in [-0.05, 0) is 12.1 Å². The lowest BCUT2D eigenvalue weighted by molar-refractivity contribution is -0.393. The molecule has 27 heavy (non-hydrogen) atoms. The zero-order chi connectivity index (χ0) is 20.2. The Bertz CT molecular complexity index is 878. The molecule has 13 heteroatoms. The molecule has 0 aliphatic carbocycles. The average molecular weight is 406 g/mol. The van der Waals surface area contributed by atoms with Gasteiger partial charge in [0.1, 0.15) is 11.5 Å². The van der Waals surface area contributed by atoms with E-state index in [1.165, 1.54) is 6.07 Å². The highest BCUT2D eigenvalue weighted by Gasteiger charge is 2.31. The van der Waals surface area contributed by atoms with Gasteiger partial charge in [0, 0.05) is 25.4 Å². The van der Waals surface area contributed by atoms with Crippen molar-refractivity contribution < 1.29 is 23.0 Å². The number of nitrogens with zero attached hydrogens (tertiary/aromatic N) is 3. The monoisotopic (exact) mass is 405 g/mol. The maximum Gasteiger partial charge on any atom is 0.417 e. The maximum absolute atomic E-state index is 12.5. The molecule has 0 bridgehead atoms. The van der Waals surface area contributed by atoms with Gasteiger partial charge in [-0.1, -0.05) is 11.6 Å². The first kappa shape index (κ1) is 20.2. The van der Waals surface area contributed by atoms with Crippen molar-refractivity contribution in [3.05, 3.63) is 61.3 Å². The van der Waals surface area contributed by atoms with Crippen molar-refractivity contribution in [1.82, 2.24) is 4.98 Å². The summed E-state index contributed by atoms with van der Waals surface area (Å²) < 4.78 is 37.6. The number of rotatable bonds is 7. The summed E-state index contributed by atoms with van der Waals surface area (Å²) in [5.41, 5.74) is -1.84. The number of anilines is 2. The van der Waals surface area contributed by atoms with Crippen LogP contribution in [0.25, 0.3) is 0 Å². The van der Waals surface area contributed by atoms with E-state index in [9.17, 15) is 33.4 Å². The summed E-state index contributed by atoms with van der Waals surface area (Å²) >= 11 is 5.75. The molecular formula is C14H11ClF3N5O4. The lowest BCUT2D eigenvalue weighted by atomic mass is 10.2. The van der Waals surface area contributed by atoms with Crippen LogP contribution in [0.15, 0.2) is 30.5 Å². The molecule has 0 fully saturated rings. The smallest absolute Gasteiger partial charge is 0.378 e. The highest BCUT2D eigenvalue weighted by Crippen LogP contribution is 2.32. The maximum atomic E-state index is 12.5. The minimum absolute atomic E-state index is 0.0182. The molecule has 0 aliphatic rings. The van der Waals surface area contributed by atoms with E-state index in [4.69, 9.17) is 11.6 Å². The first-order chi connectivity index (χ1) is 12.6. The lowest BCUT2D eigenvalue weighted by Crippen LogP contribution is -2.16. The van der Waals surface area contributed by atoms with Crippen LogP contribution in [-0.4, -0.2) is 27.9 Å². The molecule has 1 aromatic carbocycles. The van der Waals surface area contributed by atoms with Crippen LogP contribution < -0.4 is 10.6 Å². The molecule has 2 rings (SSSR count). The molecule has 2 aromatic rings. The fraction of sp³-hybridized carbons (Fsp3) is 0.214. The summed E-state index contributed by atoms with van der Waals surface area (Å²) in [6.45, 7) is 0.226. The van der Waals surface area contributed by atoms with Gasteiger partial charge in [0.05, 0.1) is 26.5 Å². The van der Waals surface area contributed by atoms with Crippen LogP contribution in [0.4, 0.5) is 36.1 Å². The van der Waals surface area contributed by atoms with Crippen molar-refractivity contribution in [1.29, 1.82) is 0 Å². The predicted molar refractivity (Wildman–Crippen MR) is 91.0 cm³/mol. The Kier molecular flexibility index (Phi) is 6.00. The summed E-state index contributed by atoms with van der Waals surface area (Å²) in [6.07, 6.45) is -3.94. The molecule has 2 N–H and O–H groups in total. The number of aromatic nitrogens is 1. The van der Waals surface area contributed by atoms with E-state index < -0.39 is 33.0 Å². The molecule has 1 aromatic heterocycles. The fourth-order valence-corrected chi connectivity index (χ4v) is 2.27. The molecule has 0 unspecified atom stereocenters. The fourth-order valence-electron chi connectivity index (χ4n) is 2.04. The largest absolute Gasteiger partial charge is 0.417 e. The summed E-state index contributed by atoms with van der Waals surface area (Å²) in [6, 6.07) is 3.85. The van der Waals surface area contributed by atoms with Crippen LogP contribution in [0, 0.1) is 20.2 Å².